The zero-order valence-corrected chi connectivity index (χ0v) is 9.94. The van der Waals surface area contributed by atoms with Crippen molar-refractivity contribution in [2.24, 2.45) is 0 Å². The number of halogens is 5. The Labute approximate surface area is 108 Å². The van der Waals surface area contributed by atoms with Gasteiger partial charge in [0.15, 0.2) is 17.5 Å². The van der Waals surface area contributed by atoms with E-state index >= 15 is 0 Å². The molecule has 0 radical (unpaired) electrons. The van der Waals surface area contributed by atoms with E-state index in [2.05, 4.69) is 5.10 Å². The van der Waals surface area contributed by atoms with Crippen molar-refractivity contribution in [3.63, 3.8) is 0 Å². The first kappa shape index (κ1) is 12.9. The molecule has 0 aliphatic carbocycles. The van der Waals surface area contributed by atoms with Gasteiger partial charge in [0.1, 0.15) is 10.7 Å². The van der Waals surface area contributed by atoms with Crippen LogP contribution in [0.25, 0.3) is 5.69 Å². The Morgan fingerprint density at radius 3 is 2.33 bits per heavy atom. The molecular formula is C10H3Cl2F3N2O. The Morgan fingerprint density at radius 2 is 1.67 bits per heavy atom. The van der Waals surface area contributed by atoms with Gasteiger partial charge < -0.3 is 0 Å². The summed E-state index contributed by atoms with van der Waals surface area (Å²) < 4.78 is 39.7. The van der Waals surface area contributed by atoms with Crippen molar-refractivity contribution < 1.29 is 13.2 Å². The zero-order valence-electron chi connectivity index (χ0n) is 8.42. The lowest BCUT2D eigenvalue weighted by molar-refractivity contribution is 0.490. The van der Waals surface area contributed by atoms with Crippen LogP contribution < -0.4 is 5.56 Å². The second-order valence-corrected chi connectivity index (χ2v) is 4.03. The van der Waals surface area contributed by atoms with Gasteiger partial charge in [-0.2, -0.15) is 9.78 Å². The maximum absolute atomic E-state index is 13.4. The highest BCUT2D eigenvalue weighted by Crippen LogP contribution is 2.19. The van der Waals surface area contributed by atoms with Gasteiger partial charge in [-0.1, -0.05) is 23.2 Å². The van der Waals surface area contributed by atoms with Crippen LogP contribution in [0.2, 0.25) is 10.0 Å². The fourth-order valence-corrected chi connectivity index (χ4v) is 1.51. The maximum atomic E-state index is 13.4. The first-order chi connectivity index (χ1) is 8.41. The molecule has 0 fully saturated rings. The van der Waals surface area contributed by atoms with Crippen LogP contribution in [0.3, 0.4) is 0 Å². The molecule has 0 atom stereocenters. The molecule has 0 amide bonds. The Kier molecular flexibility index (Phi) is 3.32. The van der Waals surface area contributed by atoms with Crippen LogP contribution in [0, 0.1) is 17.5 Å². The third-order valence-corrected chi connectivity index (χ3v) is 2.84. The third-order valence-electron chi connectivity index (χ3n) is 2.09. The standard InChI is InChI=1S/C10H3Cl2F3N2O/c11-4-3-16-17(10(18)9(4)12)8-2-6(14)5(13)1-7(8)15/h1-3H. The van der Waals surface area contributed by atoms with Crippen molar-refractivity contribution in [3.8, 4) is 5.69 Å². The zero-order chi connectivity index (χ0) is 13.4. The van der Waals surface area contributed by atoms with Crippen LogP contribution in [0.15, 0.2) is 23.1 Å². The molecular weight excluding hydrogens is 292 g/mol. The Balaban J connectivity index is 2.74. The third kappa shape index (κ3) is 2.09. The molecule has 2 aromatic rings. The van der Waals surface area contributed by atoms with Gasteiger partial charge >= 0.3 is 0 Å². The van der Waals surface area contributed by atoms with E-state index in [0.29, 0.717) is 16.8 Å². The van der Waals surface area contributed by atoms with Crippen LogP contribution in [0.4, 0.5) is 13.2 Å². The quantitative estimate of drug-likeness (QED) is 0.758. The summed E-state index contributed by atoms with van der Waals surface area (Å²) in [5.74, 6) is -3.84. The van der Waals surface area contributed by atoms with E-state index in [9.17, 15) is 18.0 Å². The summed E-state index contributed by atoms with van der Waals surface area (Å²) in [6, 6.07) is 0.810. The Bertz CT molecular complexity index is 688. The second kappa shape index (κ2) is 4.62. The summed E-state index contributed by atoms with van der Waals surface area (Å²) in [6.07, 6.45) is 0.992. The summed E-state index contributed by atoms with van der Waals surface area (Å²) in [6.45, 7) is 0. The maximum Gasteiger partial charge on any atom is 0.291 e. The molecule has 0 aliphatic heterocycles. The van der Waals surface area contributed by atoms with Gasteiger partial charge in [-0.25, -0.2) is 13.2 Å². The molecule has 0 saturated heterocycles. The molecule has 0 spiro atoms. The molecule has 0 aliphatic rings. The molecule has 0 N–H and O–H groups in total. The number of aromatic nitrogens is 2. The monoisotopic (exact) mass is 294 g/mol. The molecule has 8 heteroatoms. The van der Waals surface area contributed by atoms with E-state index in [0.717, 1.165) is 6.20 Å². The van der Waals surface area contributed by atoms with E-state index in [4.69, 9.17) is 23.2 Å². The highest BCUT2D eigenvalue weighted by Gasteiger charge is 2.15. The minimum atomic E-state index is -1.37. The highest BCUT2D eigenvalue weighted by molar-refractivity contribution is 6.41. The molecule has 1 aromatic heterocycles. The highest BCUT2D eigenvalue weighted by atomic mass is 35.5. The first-order valence-corrected chi connectivity index (χ1v) is 5.25. The molecule has 1 heterocycles. The minimum Gasteiger partial charge on any atom is -0.266 e. The molecule has 0 saturated carbocycles. The predicted molar refractivity (Wildman–Crippen MR) is 59.7 cm³/mol. The molecule has 0 bridgehead atoms. The molecule has 0 unspecified atom stereocenters. The van der Waals surface area contributed by atoms with Crippen LogP contribution in [-0.4, -0.2) is 9.78 Å². The van der Waals surface area contributed by atoms with E-state index in [1.165, 1.54) is 0 Å². The van der Waals surface area contributed by atoms with Crippen molar-refractivity contribution in [1.82, 2.24) is 9.78 Å². The number of benzene rings is 1. The Morgan fingerprint density at radius 1 is 1.06 bits per heavy atom. The fourth-order valence-electron chi connectivity index (χ4n) is 1.26. The van der Waals surface area contributed by atoms with E-state index in [1.807, 2.05) is 0 Å². The minimum absolute atomic E-state index is 0.124. The van der Waals surface area contributed by atoms with Crippen LogP contribution in [0.5, 0.6) is 0 Å². The van der Waals surface area contributed by atoms with Crippen molar-refractivity contribution in [2.45, 2.75) is 0 Å². The number of hydrogen-bond acceptors (Lipinski definition) is 2. The summed E-state index contributed by atoms with van der Waals surface area (Å²) in [5, 5.41) is 2.98. The van der Waals surface area contributed by atoms with Gasteiger partial charge in [-0.3, -0.25) is 4.79 Å². The second-order valence-electron chi connectivity index (χ2n) is 3.24. The molecule has 94 valence electrons. The van der Waals surface area contributed by atoms with E-state index in [1.54, 1.807) is 0 Å². The smallest absolute Gasteiger partial charge is 0.266 e. The topological polar surface area (TPSA) is 34.9 Å². The van der Waals surface area contributed by atoms with Gasteiger partial charge in [0.2, 0.25) is 0 Å². The average Bonchev–Trinajstić information content (AvgIpc) is 2.32. The predicted octanol–water partition coefficient (Wildman–Crippen LogP) is 2.96. The molecule has 1 aromatic carbocycles. The van der Waals surface area contributed by atoms with Crippen molar-refractivity contribution in [2.75, 3.05) is 0 Å². The lowest BCUT2D eigenvalue weighted by atomic mass is 10.3. The van der Waals surface area contributed by atoms with Crippen LogP contribution >= 0.6 is 23.2 Å². The molecule has 3 nitrogen and oxygen atoms in total. The van der Waals surface area contributed by atoms with Crippen molar-refractivity contribution in [1.29, 1.82) is 0 Å². The number of rotatable bonds is 1. The molecule has 18 heavy (non-hydrogen) atoms. The van der Waals surface area contributed by atoms with Gasteiger partial charge in [-0.15, -0.1) is 0 Å². The SMILES string of the molecule is O=c1c(Cl)c(Cl)cnn1-c1cc(F)c(F)cc1F. The summed E-state index contributed by atoms with van der Waals surface area (Å²) in [5.41, 5.74) is -1.49. The van der Waals surface area contributed by atoms with Gasteiger partial charge in [-0.05, 0) is 0 Å². The lowest BCUT2D eigenvalue weighted by Gasteiger charge is -2.07. The number of hydrogen-bond donors (Lipinski definition) is 0. The Hall–Kier alpha value is -1.53. The summed E-state index contributed by atoms with van der Waals surface area (Å²) in [7, 11) is 0. The van der Waals surface area contributed by atoms with E-state index < -0.39 is 33.7 Å². The largest absolute Gasteiger partial charge is 0.291 e. The van der Waals surface area contributed by atoms with Crippen molar-refractivity contribution in [3.05, 3.63) is 56.2 Å². The summed E-state index contributed by atoms with van der Waals surface area (Å²) >= 11 is 11.1. The summed E-state index contributed by atoms with van der Waals surface area (Å²) in [4.78, 5) is 11.6. The van der Waals surface area contributed by atoms with Gasteiger partial charge in [0.25, 0.3) is 5.56 Å². The normalized spacial score (nSPS) is 10.7. The van der Waals surface area contributed by atoms with Gasteiger partial charge in [0.05, 0.1) is 11.2 Å². The molecule has 2 rings (SSSR count). The lowest BCUT2D eigenvalue weighted by Crippen LogP contribution is -2.22. The average molecular weight is 295 g/mol. The van der Waals surface area contributed by atoms with Crippen LogP contribution in [0.1, 0.15) is 0 Å². The van der Waals surface area contributed by atoms with Gasteiger partial charge in [0, 0.05) is 12.1 Å². The van der Waals surface area contributed by atoms with Crippen molar-refractivity contribution >= 4 is 23.2 Å². The number of nitrogens with zero attached hydrogens (tertiary/aromatic N) is 2. The fraction of sp³-hybridized carbons (Fsp3) is 0. The first-order valence-electron chi connectivity index (χ1n) is 4.50. The van der Waals surface area contributed by atoms with E-state index in [-0.39, 0.29) is 5.02 Å². The van der Waals surface area contributed by atoms with Crippen LogP contribution in [-0.2, 0) is 0 Å².